The van der Waals surface area contributed by atoms with Crippen LogP contribution in [-0.4, -0.2) is 20.7 Å². The minimum absolute atomic E-state index is 0.381. The molecule has 2 rings (SSSR count). The van der Waals surface area contributed by atoms with Crippen LogP contribution in [0.2, 0.25) is 4.71 Å². The molecule has 2 nitrogen and oxygen atoms in total. The zero-order valence-electron chi connectivity index (χ0n) is 6.20. The summed E-state index contributed by atoms with van der Waals surface area (Å²) < 4.78 is 2.45. The van der Waals surface area contributed by atoms with Crippen molar-refractivity contribution >= 4 is 25.9 Å². The summed E-state index contributed by atoms with van der Waals surface area (Å²) in [5.41, 5.74) is 5.56. The zero-order valence-corrected chi connectivity index (χ0v) is 8.07. The van der Waals surface area contributed by atoms with Crippen molar-refractivity contribution in [3.05, 3.63) is 18.3 Å². The molecule has 11 heavy (non-hydrogen) atoms. The van der Waals surface area contributed by atoms with E-state index in [2.05, 4.69) is 11.1 Å². The Labute approximate surface area is 72.9 Å². The monoisotopic (exact) mass is 209 g/mol. The summed E-state index contributed by atoms with van der Waals surface area (Å²) in [6, 6.07) is 4.10. The molecule has 1 aromatic rings. The van der Waals surface area contributed by atoms with Crippen molar-refractivity contribution in [2.24, 2.45) is 0 Å². The van der Waals surface area contributed by atoms with Crippen molar-refractivity contribution in [2.45, 2.75) is 17.5 Å². The van der Waals surface area contributed by atoms with Gasteiger partial charge in [-0.2, -0.15) is 0 Å². The van der Waals surface area contributed by atoms with Crippen LogP contribution in [0.1, 0.15) is 12.8 Å². The number of hydrogen-bond donors (Lipinski definition) is 1. The van der Waals surface area contributed by atoms with Gasteiger partial charge in [-0.3, -0.25) is 0 Å². The van der Waals surface area contributed by atoms with Crippen molar-refractivity contribution < 1.29 is 0 Å². The molecule has 1 radical (unpaired) electrons. The molecule has 0 saturated heterocycles. The molecule has 0 atom stereocenters. The Morgan fingerprint density at radius 1 is 1.55 bits per heavy atom. The standard InChI is InChI=1S/C8H10AsN2/c10-8-5-7(3-4-11-8)9-6-1-2-6/h3-6H,1-2H2,(H2,10,11). The number of rotatable bonds is 2. The van der Waals surface area contributed by atoms with Crippen molar-refractivity contribution in [2.75, 3.05) is 5.73 Å². The fourth-order valence-electron chi connectivity index (χ4n) is 0.931. The van der Waals surface area contributed by atoms with Gasteiger partial charge in [0.15, 0.2) is 0 Å². The predicted molar refractivity (Wildman–Crippen MR) is 47.0 cm³/mol. The molecule has 3 heteroatoms. The molecular formula is C8H10AsN2. The van der Waals surface area contributed by atoms with Crippen molar-refractivity contribution in [3.8, 4) is 0 Å². The Morgan fingerprint density at radius 3 is 3.00 bits per heavy atom. The van der Waals surface area contributed by atoms with E-state index in [0.29, 0.717) is 21.6 Å². The number of aromatic nitrogens is 1. The van der Waals surface area contributed by atoms with Gasteiger partial charge in [0, 0.05) is 0 Å². The summed E-state index contributed by atoms with van der Waals surface area (Å²) in [6.45, 7) is 0. The van der Waals surface area contributed by atoms with Crippen LogP contribution in [0.4, 0.5) is 5.82 Å². The second kappa shape index (κ2) is 2.86. The summed E-state index contributed by atoms with van der Waals surface area (Å²) in [5, 5.41) is 0. The van der Waals surface area contributed by atoms with Gasteiger partial charge >= 0.3 is 72.5 Å². The maximum atomic E-state index is 5.56. The van der Waals surface area contributed by atoms with Crippen LogP contribution in [-0.2, 0) is 0 Å². The van der Waals surface area contributed by atoms with E-state index >= 15 is 0 Å². The first-order valence-electron chi connectivity index (χ1n) is 3.77. The van der Waals surface area contributed by atoms with Gasteiger partial charge in [-0.25, -0.2) is 0 Å². The molecule has 1 aromatic heterocycles. The van der Waals surface area contributed by atoms with Crippen LogP contribution in [0.3, 0.4) is 0 Å². The number of pyridine rings is 1. The van der Waals surface area contributed by atoms with Gasteiger partial charge in [0.05, 0.1) is 0 Å². The molecule has 1 aliphatic carbocycles. The van der Waals surface area contributed by atoms with Gasteiger partial charge < -0.3 is 0 Å². The van der Waals surface area contributed by atoms with E-state index < -0.39 is 0 Å². The third-order valence-electron chi connectivity index (χ3n) is 1.64. The fourth-order valence-corrected chi connectivity index (χ4v) is 3.42. The van der Waals surface area contributed by atoms with Crippen molar-refractivity contribution in [1.29, 1.82) is 0 Å². The van der Waals surface area contributed by atoms with Crippen LogP contribution < -0.4 is 10.1 Å². The first-order valence-corrected chi connectivity index (χ1v) is 5.79. The Hall–Kier alpha value is -0.492. The second-order valence-corrected chi connectivity index (χ2v) is 5.96. The topological polar surface area (TPSA) is 38.9 Å². The van der Waals surface area contributed by atoms with E-state index in [-0.39, 0.29) is 0 Å². The third-order valence-corrected chi connectivity index (χ3v) is 4.70. The van der Waals surface area contributed by atoms with E-state index in [0.717, 1.165) is 4.71 Å². The number of nitrogens with zero attached hydrogens (tertiary/aromatic N) is 1. The first kappa shape index (κ1) is 7.17. The van der Waals surface area contributed by atoms with Gasteiger partial charge in [-0.05, 0) is 0 Å². The molecule has 0 unspecified atom stereocenters. The predicted octanol–water partition coefficient (Wildman–Crippen LogP) is 0.576. The quantitative estimate of drug-likeness (QED) is 0.723. The number of nitrogen functional groups attached to an aromatic ring is 1. The van der Waals surface area contributed by atoms with Crippen LogP contribution in [0.25, 0.3) is 0 Å². The average molecular weight is 209 g/mol. The summed E-state index contributed by atoms with van der Waals surface area (Å²) in [6.07, 6.45) is 4.67. The maximum absolute atomic E-state index is 5.56. The number of nitrogens with two attached hydrogens (primary N) is 1. The number of anilines is 1. The second-order valence-electron chi connectivity index (χ2n) is 2.80. The molecule has 2 N–H and O–H groups in total. The van der Waals surface area contributed by atoms with Gasteiger partial charge in [-0.1, -0.05) is 0 Å². The SMILES string of the molecule is Nc1cc([As]C2CC2)ccn1. The summed E-state index contributed by atoms with van der Waals surface area (Å²) in [7, 11) is 0. The van der Waals surface area contributed by atoms with Crippen molar-refractivity contribution in [3.63, 3.8) is 0 Å². The molecule has 1 aliphatic rings. The molecule has 57 valence electrons. The summed E-state index contributed by atoms with van der Waals surface area (Å²) in [4.78, 5) is 3.96. The summed E-state index contributed by atoms with van der Waals surface area (Å²) >= 11 is 0.381. The van der Waals surface area contributed by atoms with Gasteiger partial charge in [0.25, 0.3) is 0 Å². The molecule has 0 amide bonds. The first-order chi connectivity index (χ1) is 5.34. The minimum atomic E-state index is 0.381. The Bertz CT molecular complexity index is 258. The molecule has 1 saturated carbocycles. The Balaban J connectivity index is 2.10. The molecule has 0 spiro atoms. The van der Waals surface area contributed by atoms with Crippen LogP contribution >= 0.6 is 0 Å². The zero-order chi connectivity index (χ0) is 7.68. The van der Waals surface area contributed by atoms with Crippen LogP contribution in [0, 0.1) is 0 Å². The number of hydrogen-bond acceptors (Lipinski definition) is 2. The molecule has 0 bridgehead atoms. The van der Waals surface area contributed by atoms with Gasteiger partial charge in [0.2, 0.25) is 0 Å². The van der Waals surface area contributed by atoms with E-state index in [1.807, 2.05) is 12.3 Å². The molecular weight excluding hydrogens is 199 g/mol. The summed E-state index contributed by atoms with van der Waals surface area (Å²) in [5.74, 6) is 0.665. The van der Waals surface area contributed by atoms with Gasteiger partial charge in [0.1, 0.15) is 0 Å². The van der Waals surface area contributed by atoms with Crippen molar-refractivity contribution in [1.82, 2.24) is 4.98 Å². The Morgan fingerprint density at radius 2 is 2.36 bits per heavy atom. The van der Waals surface area contributed by atoms with Crippen LogP contribution in [0.5, 0.6) is 0 Å². The molecule has 0 aromatic carbocycles. The van der Waals surface area contributed by atoms with Gasteiger partial charge in [-0.15, -0.1) is 0 Å². The third kappa shape index (κ3) is 1.97. The molecule has 1 heterocycles. The van der Waals surface area contributed by atoms with E-state index in [1.165, 1.54) is 17.2 Å². The molecule has 1 fully saturated rings. The average Bonchev–Trinajstić information content (AvgIpc) is 2.71. The Kier molecular flexibility index (Phi) is 1.87. The van der Waals surface area contributed by atoms with E-state index in [4.69, 9.17) is 5.73 Å². The fraction of sp³-hybridized carbons (Fsp3) is 0.375. The molecule has 0 aliphatic heterocycles. The van der Waals surface area contributed by atoms with E-state index in [1.54, 1.807) is 0 Å². The normalized spacial score (nSPS) is 17.8. The van der Waals surface area contributed by atoms with Crippen LogP contribution in [0.15, 0.2) is 18.3 Å². The van der Waals surface area contributed by atoms with E-state index in [9.17, 15) is 0 Å².